The molecule has 0 radical (unpaired) electrons. The van der Waals surface area contributed by atoms with Crippen LogP contribution >= 0.6 is 0 Å². The van der Waals surface area contributed by atoms with Gasteiger partial charge in [0.15, 0.2) is 0 Å². The van der Waals surface area contributed by atoms with E-state index in [2.05, 4.69) is 37.6 Å². The number of hydrogen-bond donors (Lipinski definition) is 1. The van der Waals surface area contributed by atoms with Crippen molar-refractivity contribution >= 4 is 0 Å². The van der Waals surface area contributed by atoms with Gasteiger partial charge in [-0.05, 0) is 51.7 Å². The van der Waals surface area contributed by atoms with Crippen LogP contribution in [0.5, 0.6) is 0 Å². The van der Waals surface area contributed by atoms with Crippen molar-refractivity contribution in [3.63, 3.8) is 0 Å². The average Bonchev–Trinajstić information content (AvgIpc) is 2.19. The quantitative estimate of drug-likeness (QED) is 0.698. The Morgan fingerprint density at radius 2 is 2.00 bits per heavy atom. The Morgan fingerprint density at radius 1 is 1.38 bits per heavy atom. The molecule has 0 bridgehead atoms. The van der Waals surface area contributed by atoms with Gasteiger partial charge in [-0.25, -0.2) is 0 Å². The van der Waals surface area contributed by atoms with E-state index in [-0.39, 0.29) is 0 Å². The number of nitrogens with zero attached hydrogens (tertiary/aromatic N) is 1. The summed E-state index contributed by atoms with van der Waals surface area (Å²) in [5.41, 5.74) is 1.28. The predicted molar refractivity (Wildman–Crippen MR) is 71.7 cm³/mol. The zero-order chi connectivity index (χ0) is 12.0. The molecule has 0 aromatic rings. The molecular formula is C14H28N2. The topological polar surface area (TPSA) is 15.3 Å². The smallest absolute Gasteiger partial charge is 0.0187 e. The number of likely N-dealkylation sites (tertiary alicyclic amines) is 1. The largest absolute Gasteiger partial charge is 0.314 e. The van der Waals surface area contributed by atoms with E-state index in [0.717, 1.165) is 18.5 Å². The first kappa shape index (κ1) is 13.7. The first-order chi connectivity index (χ1) is 7.58. The van der Waals surface area contributed by atoms with Crippen molar-refractivity contribution in [2.24, 2.45) is 5.92 Å². The molecule has 0 aromatic carbocycles. The van der Waals surface area contributed by atoms with Gasteiger partial charge in [0.2, 0.25) is 0 Å². The van der Waals surface area contributed by atoms with Gasteiger partial charge in [0.25, 0.3) is 0 Å². The molecule has 0 saturated carbocycles. The molecule has 0 atom stereocenters. The molecule has 2 heteroatoms. The molecule has 1 heterocycles. The maximum Gasteiger partial charge on any atom is 0.0187 e. The van der Waals surface area contributed by atoms with Gasteiger partial charge >= 0.3 is 0 Å². The van der Waals surface area contributed by atoms with Crippen LogP contribution < -0.4 is 5.32 Å². The summed E-state index contributed by atoms with van der Waals surface area (Å²) in [6, 6.07) is 0.750. The predicted octanol–water partition coefficient (Wildman–Crippen LogP) is 2.66. The van der Waals surface area contributed by atoms with Gasteiger partial charge in [0, 0.05) is 12.6 Å². The lowest BCUT2D eigenvalue weighted by Gasteiger charge is -2.32. The monoisotopic (exact) mass is 224 g/mol. The van der Waals surface area contributed by atoms with Crippen molar-refractivity contribution < 1.29 is 0 Å². The third kappa shape index (κ3) is 5.66. The van der Waals surface area contributed by atoms with Gasteiger partial charge in [-0.15, -0.1) is 0 Å². The molecule has 0 aliphatic carbocycles. The Hall–Kier alpha value is -0.340. The summed E-state index contributed by atoms with van der Waals surface area (Å²) in [6.07, 6.45) is 3.89. The third-order valence-corrected chi connectivity index (χ3v) is 3.24. The summed E-state index contributed by atoms with van der Waals surface area (Å²) in [6.45, 7) is 15.4. The standard InChI is InChI=1S/C14H28N2/c1-12(2)5-8-15-14-6-9-16(10-7-14)11-13(3)4/h12,14-15H,3,5-11H2,1-2,4H3. The van der Waals surface area contributed by atoms with Crippen LogP contribution in [0.4, 0.5) is 0 Å². The molecular weight excluding hydrogens is 196 g/mol. The Bertz CT molecular complexity index is 203. The van der Waals surface area contributed by atoms with Crippen molar-refractivity contribution in [3.8, 4) is 0 Å². The molecule has 94 valence electrons. The highest BCUT2D eigenvalue weighted by Crippen LogP contribution is 2.11. The van der Waals surface area contributed by atoms with E-state index in [4.69, 9.17) is 0 Å². The zero-order valence-corrected chi connectivity index (χ0v) is 11.3. The summed E-state index contributed by atoms with van der Waals surface area (Å²) >= 11 is 0. The maximum absolute atomic E-state index is 3.98. The Balaban J connectivity index is 2.10. The molecule has 0 unspecified atom stereocenters. The molecule has 1 fully saturated rings. The molecule has 1 N–H and O–H groups in total. The van der Waals surface area contributed by atoms with Crippen LogP contribution in [0.15, 0.2) is 12.2 Å². The van der Waals surface area contributed by atoms with Crippen molar-refractivity contribution in [2.75, 3.05) is 26.2 Å². The van der Waals surface area contributed by atoms with Gasteiger partial charge in [0.1, 0.15) is 0 Å². The van der Waals surface area contributed by atoms with Crippen LogP contribution in [0.1, 0.15) is 40.0 Å². The second kappa shape index (κ2) is 7.08. The first-order valence-electron chi connectivity index (χ1n) is 6.68. The van der Waals surface area contributed by atoms with Crippen LogP contribution in [-0.2, 0) is 0 Å². The van der Waals surface area contributed by atoms with Crippen molar-refractivity contribution in [1.82, 2.24) is 10.2 Å². The average molecular weight is 224 g/mol. The molecule has 0 spiro atoms. The number of nitrogens with one attached hydrogen (secondary N) is 1. The summed E-state index contributed by atoms with van der Waals surface area (Å²) in [5.74, 6) is 0.816. The van der Waals surface area contributed by atoms with E-state index in [1.54, 1.807) is 0 Å². The van der Waals surface area contributed by atoms with Crippen molar-refractivity contribution in [1.29, 1.82) is 0 Å². The Morgan fingerprint density at radius 3 is 2.50 bits per heavy atom. The first-order valence-corrected chi connectivity index (χ1v) is 6.68. The summed E-state index contributed by atoms with van der Waals surface area (Å²) in [5, 5.41) is 3.68. The van der Waals surface area contributed by atoms with Gasteiger partial charge in [-0.1, -0.05) is 26.0 Å². The van der Waals surface area contributed by atoms with Crippen LogP contribution in [0.3, 0.4) is 0 Å². The van der Waals surface area contributed by atoms with E-state index in [1.807, 2.05) is 0 Å². The number of hydrogen-bond acceptors (Lipinski definition) is 2. The van der Waals surface area contributed by atoms with E-state index in [0.29, 0.717) is 0 Å². The molecule has 1 rings (SSSR count). The van der Waals surface area contributed by atoms with E-state index in [1.165, 1.54) is 44.5 Å². The SMILES string of the molecule is C=C(C)CN1CCC(NCCC(C)C)CC1. The molecule has 1 saturated heterocycles. The Labute approximate surface area is 101 Å². The fourth-order valence-electron chi connectivity index (χ4n) is 2.25. The molecule has 1 aliphatic heterocycles. The van der Waals surface area contributed by atoms with Gasteiger partial charge in [-0.3, -0.25) is 4.90 Å². The molecule has 0 aromatic heterocycles. The van der Waals surface area contributed by atoms with Crippen LogP contribution in [0.25, 0.3) is 0 Å². The minimum absolute atomic E-state index is 0.750. The van der Waals surface area contributed by atoms with Gasteiger partial charge in [0.05, 0.1) is 0 Å². The second-order valence-corrected chi connectivity index (χ2v) is 5.64. The molecule has 0 amide bonds. The summed E-state index contributed by atoms with van der Waals surface area (Å²) in [7, 11) is 0. The summed E-state index contributed by atoms with van der Waals surface area (Å²) in [4.78, 5) is 2.52. The van der Waals surface area contributed by atoms with Crippen molar-refractivity contribution in [3.05, 3.63) is 12.2 Å². The highest BCUT2D eigenvalue weighted by Gasteiger charge is 2.18. The van der Waals surface area contributed by atoms with Crippen LogP contribution in [0, 0.1) is 5.92 Å². The fraction of sp³-hybridized carbons (Fsp3) is 0.857. The lowest BCUT2D eigenvalue weighted by molar-refractivity contribution is 0.210. The fourth-order valence-corrected chi connectivity index (χ4v) is 2.25. The van der Waals surface area contributed by atoms with E-state index >= 15 is 0 Å². The minimum atomic E-state index is 0.750. The Kier molecular flexibility index (Phi) is 6.07. The second-order valence-electron chi connectivity index (χ2n) is 5.64. The molecule has 2 nitrogen and oxygen atoms in total. The molecule has 1 aliphatic rings. The third-order valence-electron chi connectivity index (χ3n) is 3.24. The van der Waals surface area contributed by atoms with Gasteiger partial charge < -0.3 is 5.32 Å². The van der Waals surface area contributed by atoms with Crippen molar-refractivity contribution in [2.45, 2.75) is 46.1 Å². The maximum atomic E-state index is 3.98. The molecule has 16 heavy (non-hydrogen) atoms. The lowest BCUT2D eigenvalue weighted by atomic mass is 10.0. The number of piperidine rings is 1. The highest BCUT2D eigenvalue weighted by molar-refractivity contribution is 4.93. The number of rotatable bonds is 6. The van der Waals surface area contributed by atoms with Crippen LogP contribution in [-0.4, -0.2) is 37.1 Å². The van der Waals surface area contributed by atoms with Crippen LogP contribution in [0.2, 0.25) is 0 Å². The van der Waals surface area contributed by atoms with Gasteiger partial charge in [-0.2, -0.15) is 0 Å². The lowest BCUT2D eigenvalue weighted by Crippen LogP contribution is -2.43. The highest BCUT2D eigenvalue weighted by atomic mass is 15.1. The summed E-state index contributed by atoms with van der Waals surface area (Å²) < 4.78 is 0. The zero-order valence-electron chi connectivity index (χ0n) is 11.3. The normalized spacial score (nSPS) is 19.2. The minimum Gasteiger partial charge on any atom is -0.314 e. The van der Waals surface area contributed by atoms with E-state index in [9.17, 15) is 0 Å². The van der Waals surface area contributed by atoms with E-state index < -0.39 is 0 Å².